The lowest BCUT2D eigenvalue weighted by molar-refractivity contribution is 0.126. The number of hydrogen-bond donors (Lipinski definition) is 2. The third kappa shape index (κ3) is 4.71. The quantitative estimate of drug-likeness (QED) is 0.874. The van der Waals surface area contributed by atoms with Gasteiger partial charge in [0.15, 0.2) is 0 Å². The highest BCUT2D eigenvalue weighted by atomic mass is 16.3. The Balaban J connectivity index is 2.04. The number of carbonyl (C=O) groups excluding carboxylic acids is 1. The number of aliphatic hydroxyl groups is 1. The molecule has 128 valence electrons. The van der Waals surface area contributed by atoms with E-state index < -0.39 is 0 Å². The highest BCUT2D eigenvalue weighted by molar-refractivity contribution is 5.75. The Morgan fingerprint density at radius 2 is 2.04 bits per heavy atom. The summed E-state index contributed by atoms with van der Waals surface area (Å²) >= 11 is 0. The average molecular weight is 318 g/mol. The van der Waals surface area contributed by atoms with Crippen molar-refractivity contribution in [3.63, 3.8) is 0 Å². The van der Waals surface area contributed by atoms with E-state index in [2.05, 4.69) is 50.4 Å². The smallest absolute Gasteiger partial charge is 0.317 e. The zero-order valence-electron chi connectivity index (χ0n) is 14.6. The van der Waals surface area contributed by atoms with E-state index in [1.807, 2.05) is 4.90 Å². The number of hydrogen-bond acceptors (Lipinski definition) is 2. The van der Waals surface area contributed by atoms with Crippen LogP contribution in [0.25, 0.3) is 0 Å². The fourth-order valence-electron chi connectivity index (χ4n) is 3.22. The number of nitrogens with zero attached hydrogens (tertiary/aromatic N) is 1. The molecule has 1 aliphatic rings. The first-order valence-corrected chi connectivity index (χ1v) is 8.80. The summed E-state index contributed by atoms with van der Waals surface area (Å²) in [5.41, 5.74) is 2.46. The van der Waals surface area contributed by atoms with Crippen LogP contribution in [0, 0.1) is 11.8 Å². The maximum absolute atomic E-state index is 12.6. The van der Waals surface area contributed by atoms with Crippen LogP contribution in [0.3, 0.4) is 0 Å². The molecule has 2 atom stereocenters. The van der Waals surface area contributed by atoms with Gasteiger partial charge < -0.3 is 15.3 Å². The number of aryl methyl sites for hydroxylation is 1. The van der Waals surface area contributed by atoms with E-state index >= 15 is 0 Å². The third-order valence-corrected chi connectivity index (χ3v) is 4.76. The molecule has 1 fully saturated rings. The summed E-state index contributed by atoms with van der Waals surface area (Å²) in [6.07, 6.45) is 3.00. The van der Waals surface area contributed by atoms with Crippen molar-refractivity contribution >= 4 is 6.03 Å². The van der Waals surface area contributed by atoms with Gasteiger partial charge in [-0.15, -0.1) is 0 Å². The van der Waals surface area contributed by atoms with Gasteiger partial charge in [-0.05, 0) is 42.2 Å². The van der Waals surface area contributed by atoms with Gasteiger partial charge in [-0.1, -0.05) is 45.0 Å². The van der Waals surface area contributed by atoms with E-state index in [0.29, 0.717) is 12.5 Å². The fourth-order valence-corrected chi connectivity index (χ4v) is 3.22. The highest BCUT2D eigenvalue weighted by Crippen LogP contribution is 2.23. The lowest BCUT2D eigenvalue weighted by atomic mass is 9.95. The third-order valence-electron chi connectivity index (χ3n) is 4.76. The first kappa shape index (κ1) is 17.8. The second-order valence-corrected chi connectivity index (χ2v) is 6.90. The summed E-state index contributed by atoms with van der Waals surface area (Å²) in [6, 6.07) is 8.52. The second-order valence-electron chi connectivity index (χ2n) is 6.90. The standard InChI is InChI=1S/C19H30N2O2/c1-4-15-7-9-17(10-8-15)18(14(2)3)20-19(23)21-11-5-6-16(12-21)13-22/h7-10,14,16,18,22H,4-6,11-13H2,1-3H3,(H,20,23). The van der Waals surface area contributed by atoms with Crippen LogP contribution >= 0.6 is 0 Å². The summed E-state index contributed by atoms with van der Waals surface area (Å²) in [5, 5.41) is 12.5. The average Bonchev–Trinajstić information content (AvgIpc) is 2.59. The Kier molecular flexibility index (Phi) is 6.46. The second kappa shape index (κ2) is 8.34. The predicted octanol–water partition coefficient (Wildman–Crippen LogP) is 3.36. The number of amides is 2. The summed E-state index contributed by atoms with van der Waals surface area (Å²) in [6.45, 7) is 8.00. The number of rotatable bonds is 5. The van der Waals surface area contributed by atoms with Crippen molar-refractivity contribution in [3.05, 3.63) is 35.4 Å². The lowest BCUT2D eigenvalue weighted by Crippen LogP contribution is -2.47. The van der Waals surface area contributed by atoms with Crippen LogP contribution in [-0.4, -0.2) is 35.7 Å². The van der Waals surface area contributed by atoms with Gasteiger partial charge in [-0.2, -0.15) is 0 Å². The molecule has 1 aromatic rings. The molecule has 0 bridgehead atoms. The van der Waals surface area contributed by atoms with Crippen molar-refractivity contribution in [2.45, 2.75) is 46.1 Å². The molecule has 0 aromatic heterocycles. The van der Waals surface area contributed by atoms with Gasteiger partial charge in [-0.25, -0.2) is 4.79 Å². The van der Waals surface area contributed by atoms with Crippen LogP contribution in [0.2, 0.25) is 0 Å². The number of urea groups is 1. The molecule has 1 aliphatic heterocycles. The topological polar surface area (TPSA) is 52.6 Å². The molecule has 23 heavy (non-hydrogen) atoms. The van der Waals surface area contributed by atoms with Crippen molar-refractivity contribution < 1.29 is 9.90 Å². The molecule has 0 radical (unpaired) electrons. The number of likely N-dealkylation sites (tertiary alicyclic amines) is 1. The number of benzene rings is 1. The molecular formula is C19H30N2O2. The number of aliphatic hydroxyl groups excluding tert-OH is 1. The molecule has 1 aromatic carbocycles. The maximum atomic E-state index is 12.6. The summed E-state index contributed by atoms with van der Waals surface area (Å²) < 4.78 is 0. The van der Waals surface area contributed by atoms with Gasteiger partial charge >= 0.3 is 6.03 Å². The molecule has 2 amide bonds. The van der Waals surface area contributed by atoms with Gasteiger partial charge in [-0.3, -0.25) is 0 Å². The minimum Gasteiger partial charge on any atom is -0.396 e. The molecule has 1 heterocycles. The first-order chi connectivity index (χ1) is 11.0. The van der Waals surface area contributed by atoms with Gasteiger partial charge in [0.25, 0.3) is 0 Å². The van der Waals surface area contributed by atoms with Crippen molar-refractivity contribution in [1.82, 2.24) is 10.2 Å². The fraction of sp³-hybridized carbons (Fsp3) is 0.632. The Morgan fingerprint density at radius 1 is 1.35 bits per heavy atom. The minimum atomic E-state index is -0.0126. The van der Waals surface area contributed by atoms with Crippen LogP contribution in [0.15, 0.2) is 24.3 Å². The van der Waals surface area contributed by atoms with E-state index in [0.717, 1.165) is 31.4 Å². The van der Waals surface area contributed by atoms with Crippen LogP contribution < -0.4 is 5.32 Å². The maximum Gasteiger partial charge on any atom is 0.317 e. The number of nitrogens with one attached hydrogen (secondary N) is 1. The molecule has 0 aliphatic carbocycles. The van der Waals surface area contributed by atoms with Crippen molar-refractivity contribution in [1.29, 1.82) is 0 Å². The molecule has 1 saturated heterocycles. The molecule has 2 rings (SSSR count). The summed E-state index contributed by atoms with van der Waals surface area (Å²) in [5.74, 6) is 0.542. The first-order valence-electron chi connectivity index (χ1n) is 8.80. The van der Waals surface area contributed by atoms with Gasteiger partial charge in [0, 0.05) is 19.7 Å². The zero-order chi connectivity index (χ0) is 16.8. The number of carbonyl (C=O) groups is 1. The summed E-state index contributed by atoms with van der Waals surface area (Å²) in [7, 11) is 0. The Hall–Kier alpha value is -1.55. The lowest BCUT2D eigenvalue weighted by Gasteiger charge is -2.34. The van der Waals surface area contributed by atoms with Gasteiger partial charge in [0.05, 0.1) is 6.04 Å². The molecule has 0 spiro atoms. The molecule has 4 heteroatoms. The molecule has 2 unspecified atom stereocenters. The number of piperidine rings is 1. The van der Waals surface area contributed by atoms with Crippen LogP contribution in [0.4, 0.5) is 4.79 Å². The van der Waals surface area contributed by atoms with Crippen molar-refractivity contribution in [2.75, 3.05) is 19.7 Å². The largest absolute Gasteiger partial charge is 0.396 e. The highest BCUT2D eigenvalue weighted by Gasteiger charge is 2.26. The van der Waals surface area contributed by atoms with E-state index in [9.17, 15) is 9.90 Å². The Bertz CT molecular complexity index is 499. The zero-order valence-corrected chi connectivity index (χ0v) is 14.6. The molecule has 0 saturated carbocycles. The van der Waals surface area contributed by atoms with Crippen LogP contribution in [0.5, 0.6) is 0 Å². The van der Waals surface area contributed by atoms with E-state index in [-0.39, 0.29) is 24.6 Å². The van der Waals surface area contributed by atoms with Crippen molar-refractivity contribution in [3.8, 4) is 0 Å². The SMILES string of the molecule is CCc1ccc(C(NC(=O)N2CCCC(CO)C2)C(C)C)cc1. The normalized spacial score (nSPS) is 19.7. The Morgan fingerprint density at radius 3 is 2.61 bits per heavy atom. The van der Waals surface area contributed by atoms with Gasteiger partial charge in [0.1, 0.15) is 0 Å². The van der Waals surface area contributed by atoms with Crippen LogP contribution in [0.1, 0.15) is 50.8 Å². The van der Waals surface area contributed by atoms with E-state index in [1.165, 1.54) is 5.56 Å². The minimum absolute atomic E-state index is 0.0126. The van der Waals surface area contributed by atoms with Gasteiger partial charge in [0.2, 0.25) is 0 Å². The Labute approximate surface area is 139 Å². The monoisotopic (exact) mass is 318 g/mol. The van der Waals surface area contributed by atoms with E-state index in [4.69, 9.17) is 0 Å². The van der Waals surface area contributed by atoms with Crippen LogP contribution in [-0.2, 0) is 6.42 Å². The summed E-state index contributed by atoms with van der Waals surface area (Å²) in [4.78, 5) is 14.5. The molecule has 2 N–H and O–H groups in total. The molecular weight excluding hydrogens is 288 g/mol. The van der Waals surface area contributed by atoms with Crippen molar-refractivity contribution in [2.24, 2.45) is 11.8 Å². The van der Waals surface area contributed by atoms with E-state index in [1.54, 1.807) is 0 Å². The molecule has 4 nitrogen and oxygen atoms in total. The predicted molar refractivity (Wildman–Crippen MR) is 93.3 cm³/mol.